The molecule has 3 rings (SSSR count). The number of carbonyl (C=O) groups excluding carboxylic acids is 2. The number of esters is 1. The van der Waals surface area contributed by atoms with Crippen LogP contribution >= 0.6 is 0 Å². The van der Waals surface area contributed by atoms with Crippen LogP contribution in [0.1, 0.15) is 29.8 Å². The van der Waals surface area contributed by atoms with Crippen LogP contribution in [0.25, 0.3) is 6.08 Å². The Morgan fingerprint density at radius 2 is 2.00 bits per heavy atom. The lowest BCUT2D eigenvalue weighted by Gasteiger charge is -2.07. The predicted octanol–water partition coefficient (Wildman–Crippen LogP) is 3.77. The molecule has 0 N–H and O–H groups in total. The Morgan fingerprint density at radius 1 is 1.23 bits per heavy atom. The largest absolute Gasteiger partial charge is 0.452 e. The van der Waals surface area contributed by atoms with Crippen molar-refractivity contribution in [3.63, 3.8) is 0 Å². The van der Waals surface area contributed by atoms with E-state index in [0.717, 1.165) is 0 Å². The number of hydrogen-bond donors (Lipinski definition) is 0. The molecule has 0 unspecified atom stereocenters. The average Bonchev–Trinajstić information content (AvgIpc) is 2.90. The molecule has 0 spiro atoms. The minimum Gasteiger partial charge on any atom is -0.452 e. The van der Waals surface area contributed by atoms with Gasteiger partial charge in [0.2, 0.25) is 5.78 Å². The molecular weight excluding hydrogens is 338 g/mol. The molecule has 0 saturated heterocycles. The number of Topliss-reactive ketones (excluding diaryl/α,β-unsaturated/α-hetero) is 1. The SMILES string of the molecule is CC(C)C(=O)Oc1ccc2c(c1)O/C(=C\c1cccc([N+](=O)[O-])c1)C2=O. The Balaban J connectivity index is 1.86. The fourth-order valence-electron chi connectivity index (χ4n) is 2.34. The van der Waals surface area contributed by atoms with Crippen molar-refractivity contribution in [2.75, 3.05) is 0 Å². The molecule has 2 aromatic rings. The smallest absolute Gasteiger partial charge is 0.313 e. The molecule has 0 aromatic heterocycles. The summed E-state index contributed by atoms with van der Waals surface area (Å²) in [5.74, 6) is -0.398. The van der Waals surface area contributed by atoms with Gasteiger partial charge in [-0.15, -0.1) is 0 Å². The summed E-state index contributed by atoms with van der Waals surface area (Å²) in [6.07, 6.45) is 1.44. The normalized spacial score (nSPS) is 14.3. The van der Waals surface area contributed by atoms with E-state index in [4.69, 9.17) is 9.47 Å². The molecule has 1 aliphatic rings. The number of rotatable bonds is 4. The summed E-state index contributed by atoms with van der Waals surface area (Å²) in [6.45, 7) is 3.44. The van der Waals surface area contributed by atoms with Crippen molar-refractivity contribution in [2.24, 2.45) is 5.92 Å². The third kappa shape index (κ3) is 3.46. The maximum absolute atomic E-state index is 12.4. The zero-order valence-corrected chi connectivity index (χ0v) is 14.1. The first kappa shape index (κ1) is 17.3. The summed E-state index contributed by atoms with van der Waals surface area (Å²) >= 11 is 0. The van der Waals surface area contributed by atoms with E-state index in [1.165, 1.54) is 42.5 Å². The Labute approximate surface area is 149 Å². The first-order chi connectivity index (χ1) is 12.3. The molecule has 0 aliphatic carbocycles. The van der Waals surface area contributed by atoms with Crippen molar-refractivity contribution in [1.29, 1.82) is 0 Å². The molecule has 26 heavy (non-hydrogen) atoms. The van der Waals surface area contributed by atoms with Crippen molar-refractivity contribution >= 4 is 23.5 Å². The zero-order chi connectivity index (χ0) is 18.8. The molecular formula is C19H15NO6. The van der Waals surface area contributed by atoms with E-state index in [-0.39, 0.29) is 40.6 Å². The average molecular weight is 353 g/mol. The molecule has 0 radical (unpaired) electrons. The number of hydrogen-bond acceptors (Lipinski definition) is 6. The summed E-state index contributed by atoms with van der Waals surface area (Å²) < 4.78 is 10.8. The van der Waals surface area contributed by atoms with Crippen LogP contribution in [0.2, 0.25) is 0 Å². The molecule has 1 aliphatic heterocycles. The van der Waals surface area contributed by atoms with Gasteiger partial charge >= 0.3 is 5.97 Å². The van der Waals surface area contributed by atoms with Gasteiger partial charge in [-0.05, 0) is 23.8 Å². The number of ether oxygens (including phenoxy) is 2. The lowest BCUT2D eigenvalue weighted by molar-refractivity contribution is -0.384. The first-order valence-corrected chi connectivity index (χ1v) is 7.89. The summed E-state index contributed by atoms with van der Waals surface area (Å²) in [5.41, 5.74) is 0.734. The highest BCUT2D eigenvalue weighted by Gasteiger charge is 2.28. The number of nitrogens with zero attached hydrogens (tertiary/aromatic N) is 1. The number of benzene rings is 2. The second-order valence-electron chi connectivity index (χ2n) is 6.03. The predicted molar refractivity (Wildman–Crippen MR) is 92.9 cm³/mol. The minimum absolute atomic E-state index is 0.0489. The lowest BCUT2D eigenvalue weighted by atomic mass is 10.1. The molecule has 0 fully saturated rings. The van der Waals surface area contributed by atoms with E-state index in [0.29, 0.717) is 11.1 Å². The van der Waals surface area contributed by atoms with Gasteiger partial charge in [0.25, 0.3) is 5.69 Å². The van der Waals surface area contributed by atoms with Crippen LogP contribution in [-0.4, -0.2) is 16.7 Å². The Bertz CT molecular complexity index is 945. The lowest BCUT2D eigenvalue weighted by Crippen LogP contribution is -2.14. The van der Waals surface area contributed by atoms with Crippen molar-refractivity contribution in [3.05, 3.63) is 69.5 Å². The van der Waals surface area contributed by atoms with E-state index in [1.807, 2.05) is 0 Å². The summed E-state index contributed by atoms with van der Waals surface area (Å²) in [6, 6.07) is 10.4. The number of ketones is 1. The van der Waals surface area contributed by atoms with Gasteiger partial charge in [-0.2, -0.15) is 0 Å². The molecule has 7 nitrogen and oxygen atoms in total. The van der Waals surface area contributed by atoms with E-state index >= 15 is 0 Å². The summed E-state index contributed by atoms with van der Waals surface area (Å²) in [4.78, 5) is 34.4. The van der Waals surface area contributed by atoms with Crippen LogP contribution in [0.5, 0.6) is 11.5 Å². The summed E-state index contributed by atoms with van der Waals surface area (Å²) in [5, 5.41) is 10.9. The second-order valence-corrected chi connectivity index (χ2v) is 6.03. The molecule has 0 saturated carbocycles. The minimum atomic E-state index is -0.510. The molecule has 2 aromatic carbocycles. The number of non-ortho nitro benzene ring substituents is 1. The maximum atomic E-state index is 12.4. The molecule has 1 heterocycles. The highest BCUT2D eigenvalue weighted by atomic mass is 16.6. The van der Waals surface area contributed by atoms with Crippen LogP contribution in [0.15, 0.2) is 48.2 Å². The van der Waals surface area contributed by atoms with E-state index in [1.54, 1.807) is 19.9 Å². The van der Waals surface area contributed by atoms with Gasteiger partial charge < -0.3 is 9.47 Å². The van der Waals surface area contributed by atoms with Gasteiger partial charge in [0, 0.05) is 18.2 Å². The number of fused-ring (bicyclic) bond motifs is 1. The van der Waals surface area contributed by atoms with Crippen LogP contribution in [0, 0.1) is 16.0 Å². The van der Waals surface area contributed by atoms with Gasteiger partial charge in [-0.25, -0.2) is 0 Å². The van der Waals surface area contributed by atoms with Gasteiger partial charge in [0.1, 0.15) is 11.5 Å². The van der Waals surface area contributed by atoms with Crippen molar-refractivity contribution in [1.82, 2.24) is 0 Å². The standard InChI is InChI=1S/C19H15NO6/c1-11(2)19(22)25-14-6-7-15-16(10-14)26-17(18(15)21)9-12-4-3-5-13(8-12)20(23)24/h3-11H,1-2H3/b17-9-. The quantitative estimate of drug-likeness (QED) is 0.273. The van der Waals surface area contributed by atoms with E-state index < -0.39 is 4.92 Å². The molecule has 7 heteroatoms. The molecule has 0 atom stereocenters. The highest BCUT2D eigenvalue weighted by Crippen LogP contribution is 2.35. The molecule has 0 amide bonds. The van der Waals surface area contributed by atoms with E-state index in [2.05, 4.69) is 0 Å². The van der Waals surface area contributed by atoms with E-state index in [9.17, 15) is 19.7 Å². The Kier molecular flexibility index (Phi) is 4.53. The van der Waals surface area contributed by atoms with Gasteiger partial charge in [0.05, 0.1) is 16.4 Å². The fraction of sp³-hybridized carbons (Fsp3) is 0.158. The highest BCUT2D eigenvalue weighted by molar-refractivity contribution is 6.14. The van der Waals surface area contributed by atoms with Crippen LogP contribution in [0.4, 0.5) is 5.69 Å². The van der Waals surface area contributed by atoms with Crippen LogP contribution < -0.4 is 9.47 Å². The fourth-order valence-corrected chi connectivity index (χ4v) is 2.34. The van der Waals surface area contributed by atoms with Crippen LogP contribution in [-0.2, 0) is 4.79 Å². The molecule has 132 valence electrons. The summed E-state index contributed by atoms with van der Waals surface area (Å²) in [7, 11) is 0. The Hall–Kier alpha value is -3.48. The van der Waals surface area contributed by atoms with Crippen molar-refractivity contribution in [3.8, 4) is 11.5 Å². The van der Waals surface area contributed by atoms with Crippen molar-refractivity contribution in [2.45, 2.75) is 13.8 Å². The maximum Gasteiger partial charge on any atom is 0.313 e. The second kappa shape index (κ2) is 6.79. The van der Waals surface area contributed by atoms with Crippen molar-refractivity contribution < 1.29 is 24.0 Å². The third-order valence-electron chi connectivity index (χ3n) is 3.71. The monoisotopic (exact) mass is 353 g/mol. The van der Waals surface area contributed by atoms with Crippen LogP contribution in [0.3, 0.4) is 0 Å². The van der Waals surface area contributed by atoms with Gasteiger partial charge in [-0.3, -0.25) is 19.7 Å². The topological polar surface area (TPSA) is 95.7 Å². The Morgan fingerprint density at radius 3 is 2.69 bits per heavy atom. The molecule has 0 bridgehead atoms. The van der Waals surface area contributed by atoms with Gasteiger partial charge in [0.15, 0.2) is 5.76 Å². The van der Waals surface area contributed by atoms with Gasteiger partial charge in [-0.1, -0.05) is 26.0 Å². The number of nitro benzene ring substituents is 1. The third-order valence-corrected chi connectivity index (χ3v) is 3.71. The number of allylic oxidation sites excluding steroid dienone is 1. The zero-order valence-electron chi connectivity index (χ0n) is 14.1. The number of nitro groups is 1. The number of carbonyl (C=O) groups is 2. The first-order valence-electron chi connectivity index (χ1n) is 7.89.